The second-order valence-electron chi connectivity index (χ2n) is 6.87. The third kappa shape index (κ3) is 2.54. The number of hydrogen-bond acceptors (Lipinski definition) is 2. The van der Waals surface area contributed by atoms with Gasteiger partial charge in [-0.2, -0.15) is 0 Å². The fourth-order valence-corrected chi connectivity index (χ4v) is 3.34. The number of nitrogens with zero attached hydrogens (tertiary/aromatic N) is 1. The van der Waals surface area contributed by atoms with Crippen molar-refractivity contribution in [2.45, 2.75) is 26.7 Å². The van der Waals surface area contributed by atoms with E-state index in [4.69, 9.17) is 4.42 Å². The van der Waals surface area contributed by atoms with E-state index in [9.17, 15) is 0 Å². The molecule has 0 radical (unpaired) electrons. The van der Waals surface area contributed by atoms with E-state index in [0.717, 1.165) is 38.9 Å². The van der Waals surface area contributed by atoms with Gasteiger partial charge in [-0.15, -0.1) is 0 Å². The first-order valence-corrected chi connectivity index (χ1v) is 8.62. The van der Waals surface area contributed by atoms with Crippen LogP contribution in [-0.2, 0) is 0 Å². The molecule has 25 heavy (non-hydrogen) atoms. The second-order valence-corrected chi connectivity index (χ2v) is 6.87. The summed E-state index contributed by atoms with van der Waals surface area (Å²) >= 11 is 0. The molecule has 124 valence electrons. The number of furan rings is 1. The third-order valence-corrected chi connectivity index (χ3v) is 4.71. The number of aromatic nitrogens is 1. The molecule has 0 amide bonds. The molecule has 0 aliphatic heterocycles. The highest BCUT2D eigenvalue weighted by molar-refractivity contribution is 6.10. The van der Waals surface area contributed by atoms with Crippen molar-refractivity contribution in [3.05, 3.63) is 72.4 Å². The molecule has 0 atom stereocenters. The van der Waals surface area contributed by atoms with E-state index in [0.29, 0.717) is 5.92 Å². The van der Waals surface area contributed by atoms with Crippen LogP contribution < -0.4 is 0 Å². The van der Waals surface area contributed by atoms with Gasteiger partial charge in [-0.3, -0.25) is 4.98 Å². The van der Waals surface area contributed by atoms with Gasteiger partial charge in [0, 0.05) is 22.5 Å². The molecule has 2 aromatic heterocycles. The number of pyridine rings is 1. The van der Waals surface area contributed by atoms with E-state index in [1.807, 2.05) is 19.2 Å². The SMILES string of the molecule is C=C(C)c1ccnc(-c2cccc3c2oc2c(C(C)C)cccc23)c1. The molecule has 0 aliphatic rings. The minimum atomic E-state index is 0.414. The molecule has 2 heteroatoms. The number of allylic oxidation sites excluding steroid dienone is 1. The minimum Gasteiger partial charge on any atom is -0.455 e. The molecule has 4 aromatic rings. The predicted octanol–water partition coefficient (Wildman–Crippen LogP) is 6.80. The van der Waals surface area contributed by atoms with Crippen LogP contribution in [0.3, 0.4) is 0 Å². The van der Waals surface area contributed by atoms with E-state index in [2.05, 4.69) is 67.9 Å². The Morgan fingerprint density at radius 1 is 1.00 bits per heavy atom. The Morgan fingerprint density at radius 3 is 2.44 bits per heavy atom. The van der Waals surface area contributed by atoms with Gasteiger partial charge in [0.05, 0.1) is 5.69 Å². The number of hydrogen-bond donors (Lipinski definition) is 0. The number of rotatable bonds is 3. The van der Waals surface area contributed by atoms with Gasteiger partial charge >= 0.3 is 0 Å². The van der Waals surface area contributed by atoms with Gasteiger partial charge in [0.2, 0.25) is 0 Å². The molecule has 0 unspecified atom stereocenters. The molecular formula is C23H21NO. The topological polar surface area (TPSA) is 26.0 Å². The summed E-state index contributed by atoms with van der Waals surface area (Å²) in [4.78, 5) is 4.57. The van der Waals surface area contributed by atoms with Crippen LogP contribution in [0, 0.1) is 0 Å². The van der Waals surface area contributed by atoms with Gasteiger partial charge < -0.3 is 4.42 Å². The zero-order valence-corrected chi connectivity index (χ0v) is 14.8. The fourth-order valence-electron chi connectivity index (χ4n) is 3.34. The summed E-state index contributed by atoms with van der Waals surface area (Å²) in [5.41, 5.74) is 7.18. The monoisotopic (exact) mass is 327 g/mol. The van der Waals surface area contributed by atoms with Crippen molar-refractivity contribution in [1.82, 2.24) is 4.98 Å². The Hall–Kier alpha value is -2.87. The van der Waals surface area contributed by atoms with Crippen molar-refractivity contribution < 1.29 is 4.42 Å². The average Bonchev–Trinajstić information content (AvgIpc) is 3.00. The molecular weight excluding hydrogens is 306 g/mol. The van der Waals surface area contributed by atoms with Gasteiger partial charge in [0.25, 0.3) is 0 Å². The summed E-state index contributed by atoms with van der Waals surface area (Å²) in [5.74, 6) is 0.414. The van der Waals surface area contributed by atoms with E-state index >= 15 is 0 Å². The standard InChI is InChI=1S/C23H21NO/c1-14(2)16-11-12-24-21(13-16)20-10-6-9-19-18-8-5-7-17(15(3)4)22(18)25-23(19)20/h5-13,15H,1H2,2-4H3. The van der Waals surface area contributed by atoms with Gasteiger partial charge in [0.1, 0.15) is 11.2 Å². The molecule has 0 saturated heterocycles. The Balaban J connectivity index is 2.03. The first-order chi connectivity index (χ1) is 12.1. The highest BCUT2D eigenvalue weighted by atomic mass is 16.3. The lowest BCUT2D eigenvalue weighted by molar-refractivity contribution is 0.658. The van der Waals surface area contributed by atoms with Crippen molar-refractivity contribution >= 4 is 27.5 Å². The molecule has 2 aromatic carbocycles. The smallest absolute Gasteiger partial charge is 0.144 e. The lowest BCUT2D eigenvalue weighted by Crippen LogP contribution is -1.86. The van der Waals surface area contributed by atoms with Crippen molar-refractivity contribution in [2.75, 3.05) is 0 Å². The van der Waals surface area contributed by atoms with Crippen LogP contribution in [0.1, 0.15) is 37.8 Å². The molecule has 0 saturated carbocycles. The number of benzene rings is 2. The van der Waals surface area contributed by atoms with Crippen molar-refractivity contribution in [3.8, 4) is 11.3 Å². The number of para-hydroxylation sites is 2. The van der Waals surface area contributed by atoms with Crippen LogP contribution in [-0.4, -0.2) is 4.98 Å². The highest BCUT2D eigenvalue weighted by Gasteiger charge is 2.16. The molecule has 0 fully saturated rings. The van der Waals surface area contributed by atoms with Crippen LogP contribution in [0.15, 0.2) is 65.7 Å². The minimum absolute atomic E-state index is 0.414. The number of fused-ring (bicyclic) bond motifs is 3. The Kier molecular flexibility index (Phi) is 3.69. The third-order valence-electron chi connectivity index (χ3n) is 4.71. The normalized spacial score (nSPS) is 11.5. The van der Waals surface area contributed by atoms with Crippen LogP contribution >= 0.6 is 0 Å². The maximum atomic E-state index is 6.37. The van der Waals surface area contributed by atoms with Crippen LogP contribution in [0.4, 0.5) is 0 Å². The lowest BCUT2D eigenvalue weighted by Gasteiger charge is -2.05. The Morgan fingerprint density at radius 2 is 1.72 bits per heavy atom. The summed E-state index contributed by atoms with van der Waals surface area (Å²) < 4.78 is 6.37. The summed E-state index contributed by atoms with van der Waals surface area (Å²) in [5, 5.41) is 2.30. The van der Waals surface area contributed by atoms with Crippen LogP contribution in [0.25, 0.3) is 38.8 Å². The molecule has 2 nitrogen and oxygen atoms in total. The highest BCUT2D eigenvalue weighted by Crippen LogP contribution is 2.38. The van der Waals surface area contributed by atoms with Gasteiger partial charge in [-0.25, -0.2) is 0 Å². The average molecular weight is 327 g/mol. The predicted molar refractivity (Wildman–Crippen MR) is 106 cm³/mol. The fraction of sp³-hybridized carbons (Fsp3) is 0.174. The quantitative estimate of drug-likeness (QED) is 0.413. The largest absolute Gasteiger partial charge is 0.455 e. The van der Waals surface area contributed by atoms with E-state index in [-0.39, 0.29) is 0 Å². The van der Waals surface area contributed by atoms with Crippen molar-refractivity contribution in [3.63, 3.8) is 0 Å². The molecule has 0 spiro atoms. The Labute approximate surface area is 147 Å². The maximum absolute atomic E-state index is 6.37. The maximum Gasteiger partial charge on any atom is 0.144 e. The van der Waals surface area contributed by atoms with Crippen molar-refractivity contribution in [2.24, 2.45) is 0 Å². The van der Waals surface area contributed by atoms with E-state index < -0.39 is 0 Å². The second kappa shape index (κ2) is 5.89. The van der Waals surface area contributed by atoms with Crippen LogP contribution in [0.2, 0.25) is 0 Å². The molecule has 2 heterocycles. The van der Waals surface area contributed by atoms with Crippen molar-refractivity contribution in [1.29, 1.82) is 0 Å². The molecule has 4 rings (SSSR count). The molecule has 0 N–H and O–H groups in total. The van der Waals surface area contributed by atoms with Gasteiger partial charge in [-0.05, 0) is 42.2 Å². The van der Waals surface area contributed by atoms with Gasteiger partial charge in [0.15, 0.2) is 0 Å². The first-order valence-electron chi connectivity index (χ1n) is 8.62. The summed E-state index contributed by atoms with van der Waals surface area (Å²) in [6, 6.07) is 16.7. The molecule has 0 aliphatic carbocycles. The van der Waals surface area contributed by atoms with E-state index in [1.165, 1.54) is 10.9 Å². The molecule has 0 bridgehead atoms. The zero-order valence-electron chi connectivity index (χ0n) is 14.8. The zero-order chi connectivity index (χ0) is 17.6. The first kappa shape index (κ1) is 15.6. The Bertz CT molecular complexity index is 1100. The van der Waals surface area contributed by atoms with Gasteiger partial charge in [-0.1, -0.05) is 56.3 Å². The summed E-state index contributed by atoms with van der Waals surface area (Å²) in [7, 11) is 0. The summed E-state index contributed by atoms with van der Waals surface area (Å²) in [6.45, 7) is 10.4. The lowest BCUT2D eigenvalue weighted by atomic mass is 9.99. The van der Waals surface area contributed by atoms with E-state index in [1.54, 1.807) is 0 Å². The summed E-state index contributed by atoms with van der Waals surface area (Å²) in [6.07, 6.45) is 1.83. The van der Waals surface area contributed by atoms with Crippen LogP contribution in [0.5, 0.6) is 0 Å².